The summed E-state index contributed by atoms with van der Waals surface area (Å²) in [5.74, 6) is 0. The molecule has 0 aromatic rings. The molecule has 0 radical (unpaired) electrons. The van der Waals surface area contributed by atoms with Crippen molar-refractivity contribution < 1.29 is 24.4 Å². The molecule has 0 saturated carbocycles. The molecule has 0 amide bonds. The highest BCUT2D eigenvalue weighted by molar-refractivity contribution is 4.33. The van der Waals surface area contributed by atoms with Crippen LogP contribution in [0.2, 0.25) is 0 Å². The summed E-state index contributed by atoms with van der Waals surface area (Å²) in [5.41, 5.74) is 11.0. The van der Waals surface area contributed by atoms with Gasteiger partial charge in [-0.1, -0.05) is 0 Å². The largest absolute Gasteiger partial charge is 0.394 e. The van der Waals surface area contributed by atoms with Crippen LogP contribution in [0.15, 0.2) is 0 Å². The Morgan fingerprint density at radius 1 is 0.688 bits per heavy atom. The smallest absolute Gasteiger partial charge is 0.211 e. The molecule has 4 N–H and O–H groups in total. The van der Waals surface area contributed by atoms with Crippen molar-refractivity contribution in [2.45, 2.75) is 0 Å². The van der Waals surface area contributed by atoms with Crippen molar-refractivity contribution >= 4 is 0 Å². The second kappa shape index (κ2) is 19.6. The quantitative estimate of drug-likeness (QED) is 0.223. The third kappa shape index (κ3) is 23.2. The van der Waals surface area contributed by atoms with Crippen LogP contribution in [0.1, 0.15) is 0 Å². The van der Waals surface area contributed by atoms with Crippen molar-refractivity contribution in [1.82, 2.24) is 4.91 Å². The van der Waals surface area contributed by atoms with Crippen LogP contribution in [0, 0.1) is 11.1 Å². The molecular weight excluding hydrogens is 218 g/mol. The standard InChI is InChI=1S/C8H18O5.H2N3/c9-1-3-11-5-7-13-8-6-12-4-2-10;1-3-2/h9-10H,1-8H2;1-2H/q;+1. The van der Waals surface area contributed by atoms with Gasteiger partial charge in [0, 0.05) is 0 Å². The zero-order valence-electron chi connectivity index (χ0n) is 9.22. The lowest BCUT2D eigenvalue weighted by atomic mass is 10.7. The Kier molecular flexibility index (Phi) is 21.5. The van der Waals surface area contributed by atoms with E-state index in [-0.39, 0.29) is 13.2 Å². The van der Waals surface area contributed by atoms with Gasteiger partial charge in [-0.05, 0) is 0 Å². The fraction of sp³-hybridized carbons (Fsp3) is 1.00. The van der Waals surface area contributed by atoms with Gasteiger partial charge in [-0.25, -0.2) is 0 Å². The van der Waals surface area contributed by atoms with E-state index in [2.05, 4.69) is 0 Å². The number of aliphatic hydroxyl groups is 2. The lowest BCUT2D eigenvalue weighted by Crippen LogP contribution is -2.11. The second-order valence-electron chi connectivity index (χ2n) is 2.40. The van der Waals surface area contributed by atoms with Crippen LogP contribution in [0.3, 0.4) is 0 Å². The number of hydrogen-bond acceptors (Lipinski definition) is 7. The summed E-state index contributed by atoms with van der Waals surface area (Å²) in [4.78, 5) is 2.00. The van der Waals surface area contributed by atoms with E-state index in [1.165, 1.54) is 0 Å². The number of aliphatic hydroxyl groups excluding tert-OH is 2. The molecular formula is C8H20N3O5+. The van der Waals surface area contributed by atoms with E-state index in [1.54, 1.807) is 0 Å². The summed E-state index contributed by atoms with van der Waals surface area (Å²) in [6.45, 7) is 2.76. The first kappa shape index (κ1) is 17.5. The van der Waals surface area contributed by atoms with E-state index >= 15 is 0 Å². The van der Waals surface area contributed by atoms with Crippen LogP contribution in [0.5, 0.6) is 0 Å². The summed E-state index contributed by atoms with van der Waals surface area (Å²) < 4.78 is 15.0. The number of nitrogens with one attached hydrogen (secondary N) is 2. The zero-order chi connectivity index (χ0) is 12.5. The van der Waals surface area contributed by atoms with Crippen molar-refractivity contribution in [3.8, 4) is 0 Å². The van der Waals surface area contributed by atoms with Crippen molar-refractivity contribution in [3.63, 3.8) is 0 Å². The molecule has 8 nitrogen and oxygen atoms in total. The Morgan fingerprint density at radius 3 is 1.19 bits per heavy atom. The Balaban J connectivity index is 0. The highest BCUT2D eigenvalue weighted by Crippen LogP contribution is 1.80. The minimum atomic E-state index is 0.0413. The maximum Gasteiger partial charge on any atom is 0.211 e. The van der Waals surface area contributed by atoms with Gasteiger partial charge in [-0.15, -0.1) is 0 Å². The average molecular weight is 238 g/mol. The van der Waals surface area contributed by atoms with E-state index in [4.69, 9.17) is 35.5 Å². The predicted molar refractivity (Wildman–Crippen MR) is 54.2 cm³/mol. The molecule has 8 heteroatoms. The van der Waals surface area contributed by atoms with E-state index in [1.807, 2.05) is 4.91 Å². The first-order chi connectivity index (χ1) is 7.83. The Morgan fingerprint density at radius 2 is 0.938 bits per heavy atom. The van der Waals surface area contributed by atoms with Crippen LogP contribution >= 0.6 is 0 Å². The second-order valence-corrected chi connectivity index (χ2v) is 2.40. The topological polar surface area (TPSA) is 130 Å². The lowest BCUT2D eigenvalue weighted by Gasteiger charge is -2.04. The highest BCUT2D eigenvalue weighted by Gasteiger charge is 1.89. The van der Waals surface area contributed by atoms with Crippen LogP contribution in [0.4, 0.5) is 0 Å². The first-order valence-corrected chi connectivity index (χ1v) is 4.81. The van der Waals surface area contributed by atoms with E-state index in [9.17, 15) is 0 Å². The molecule has 0 aliphatic carbocycles. The maximum absolute atomic E-state index is 8.36. The van der Waals surface area contributed by atoms with Gasteiger partial charge in [0.05, 0.1) is 52.9 Å². The molecule has 16 heavy (non-hydrogen) atoms. The molecule has 0 aromatic heterocycles. The number of hydrogen-bond donors (Lipinski definition) is 4. The van der Waals surface area contributed by atoms with E-state index in [0.717, 1.165) is 0 Å². The molecule has 0 rings (SSSR count). The van der Waals surface area contributed by atoms with Gasteiger partial charge in [0.1, 0.15) is 11.1 Å². The summed E-state index contributed by atoms with van der Waals surface area (Å²) >= 11 is 0. The molecule has 0 spiro atoms. The Bertz CT molecular complexity index is 143. The number of ether oxygens (including phenoxy) is 3. The van der Waals surface area contributed by atoms with Gasteiger partial charge in [0.15, 0.2) is 0 Å². The maximum atomic E-state index is 8.36. The molecule has 0 aliphatic heterocycles. The van der Waals surface area contributed by atoms with Crippen LogP contribution in [0.25, 0.3) is 0 Å². The SMILES string of the molecule is N=[N+]=N.OCCOCCOCCOCCO. The van der Waals surface area contributed by atoms with Gasteiger partial charge in [0.25, 0.3) is 0 Å². The van der Waals surface area contributed by atoms with Gasteiger partial charge < -0.3 is 24.4 Å². The summed E-state index contributed by atoms with van der Waals surface area (Å²) in [6, 6.07) is 0. The molecule has 0 aromatic carbocycles. The minimum absolute atomic E-state index is 0.0413. The molecule has 0 aliphatic rings. The highest BCUT2D eigenvalue weighted by atomic mass is 16.5. The number of nitrogens with zero attached hydrogens (tertiary/aromatic N) is 1. The Hall–Kier alpha value is -0.890. The van der Waals surface area contributed by atoms with Gasteiger partial charge >= 0.3 is 0 Å². The Labute approximate surface area is 94.2 Å². The summed E-state index contributed by atoms with van der Waals surface area (Å²) in [5, 5.41) is 16.7. The van der Waals surface area contributed by atoms with Crippen LogP contribution in [-0.2, 0) is 14.2 Å². The van der Waals surface area contributed by atoms with E-state index < -0.39 is 0 Å². The molecule has 0 bridgehead atoms. The molecule has 0 atom stereocenters. The molecule has 0 saturated heterocycles. The van der Waals surface area contributed by atoms with Gasteiger partial charge in [0.2, 0.25) is 4.91 Å². The molecule has 0 fully saturated rings. The van der Waals surface area contributed by atoms with E-state index in [0.29, 0.717) is 39.6 Å². The molecule has 0 heterocycles. The summed E-state index contributed by atoms with van der Waals surface area (Å²) in [6.07, 6.45) is 0. The molecule has 96 valence electrons. The van der Waals surface area contributed by atoms with Gasteiger partial charge in [-0.2, -0.15) is 0 Å². The third-order valence-electron chi connectivity index (χ3n) is 1.22. The van der Waals surface area contributed by atoms with Crippen LogP contribution in [-0.4, -0.2) is 63.1 Å². The minimum Gasteiger partial charge on any atom is -0.394 e. The lowest BCUT2D eigenvalue weighted by molar-refractivity contribution is 0.00230. The van der Waals surface area contributed by atoms with Crippen molar-refractivity contribution in [3.05, 3.63) is 0 Å². The van der Waals surface area contributed by atoms with Gasteiger partial charge in [-0.3, -0.25) is 0 Å². The number of rotatable bonds is 10. The normalized spacial score (nSPS) is 9.12. The average Bonchev–Trinajstić information content (AvgIpc) is 2.28. The summed E-state index contributed by atoms with van der Waals surface area (Å²) in [7, 11) is 0. The van der Waals surface area contributed by atoms with Crippen LogP contribution < -0.4 is 4.91 Å². The third-order valence-corrected chi connectivity index (χ3v) is 1.22. The predicted octanol–water partition coefficient (Wildman–Crippen LogP) is -0.864. The van der Waals surface area contributed by atoms with Crippen molar-refractivity contribution in [2.75, 3.05) is 52.9 Å². The molecule has 0 unspecified atom stereocenters. The first-order valence-electron chi connectivity index (χ1n) is 4.81. The fourth-order valence-corrected chi connectivity index (χ4v) is 0.671. The zero-order valence-corrected chi connectivity index (χ0v) is 9.22. The monoisotopic (exact) mass is 238 g/mol. The fourth-order valence-electron chi connectivity index (χ4n) is 0.671. The van der Waals surface area contributed by atoms with Crippen molar-refractivity contribution in [2.24, 2.45) is 0 Å². The van der Waals surface area contributed by atoms with Crippen molar-refractivity contribution in [1.29, 1.82) is 11.1 Å².